The Balaban J connectivity index is 0.921. The Bertz CT molecular complexity index is 2920. The number of carbonyl (C=O) groups is 4. The molecule has 572 valence electrons. The molecule has 3 unspecified atom stereocenters. The van der Waals surface area contributed by atoms with Crippen LogP contribution < -0.4 is 0 Å². The number of ether oxygens (including phenoxy) is 13. The molecule has 0 aromatic heterocycles. The highest BCUT2D eigenvalue weighted by Crippen LogP contribution is 2.76. The Labute approximate surface area is 581 Å². The molecule has 0 aromatic carbocycles. The van der Waals surface area contributed by atoms with Gasteiger partial charge in [-0.2, -0.15) is 0 Å². The molecule has 0 bridgehead atoms. The van der Waals surface area contributed by atoms with Gasteiger partial charge in [-0.1, -0.05) is 53.2 Å². The van der Waals surface area contributed by atoms with Crippen LogP contribution in [0, 0.1) is 50.2 Å². The number of hydrogen-bond acceptors (Lipinski definition) is 31. The number of allylic oxidation sites excluding steroid dienone is 2. The van der Waals surface area contributed by atoms with E-state index in [1.165, 1.54) is 41.5 Å². The van der Waals surface area contributed by atoms with Crippen molar-refractivity contribution in [1.29, 1.82) is 0 Å². The fourth-order valence-corrected chi connectivity index (χ4v) is 19.2. The maximum absolute atomic E-state index is 16.0. The standard InChI is InChI=1S/C69H110O31/c1-27(71)20-41(75)89-28(2)21-42(76)96-53-31(5)93-62(56(51(53)85)98-61-55(94-33(7)72)52(86)54(32(6)92-61)97-58-48(82)45(79)37(25-88-58)95-59-49(83)46(80)43(77)29(3)90-59)100-63(87)69-19-18-64(8,9)22-35(69)34-14-15-39-65(10)23-36(73)57(99-60-50(84)47(81)44(78)30(4)91-60)66(11,26-70)38(65)16-17-67(39,12)68(34,13)24-40(69)74/h14,27-32,35-40,43-62,70-71,73-74,77-86H,15-26H2,1-13H3/t27-,28+,29-,30-,31-,32-,35?,36-,37+,38?,39?,40+,43-,44-,45-,46+,47+,48+,49+,50+,51-,52+,53-,54-,55+,56+,57-,58+,59+,60-,61-,62+,65-,66-,67+,68+,69+/m0/s1. The molecule has 4 saturated carbocycles. The van der Waals surface area contributed by atoms with Crippen LogP contribution in [-0.4, -0.2) is 287 Å². The van der Waals surface area contributed by atoms with E-state index in [1.807, 2.05) is 6.92 Å². The normalized spacial score (nSPS) is 50.7. The van der Waals surface area contributed by atoms with Gasteiger partial charge in [-0.3, -0.25) is 19.2 Å². The van der Waals surface area contributed by atoms with Crippen LogP contribution >= 0.6 is 0 Å². The van der Waals surface area contributed by atoms with Crippen LogP contribution in [0.15, 0.2) is 11.6 Å². The van der Waals surface area contributed by atoms with E-state index < -0.39 is 260 Å². The number of aliphatic hydroxyl groups excluding tert-OH is 14. The molecule has 37 atom stereocenters. The largest absolute Gasteiger partial charge is 0.462 e. The Kier molecular flexibility index (Phi) is 23.6. The summed E-state index contributed by atoms with van der Waals surface area (Å²) in [5.41, 5.74) is -4.35. The van der Waals surface area contributed by atoms with E-state index in [1.54, 1.807) is 0 Å². The van der Waals surface area contributed by atoms with Gasteiger partial charge in [0.15, 0.2) is 43.5 Å². The van der Waals surface area contributed by atoms with E-state index in [4.69, 9.17) is 61.6 Å². The van der Waals surface area contributed by atoms with E-state index in [0.29, 0.717) is 32.1 Å². The van der Waals surface area contributed by atoms with Gasteiger partial charge in [-0.15, -0.1) is 0 Å². The monoisotopic (exact) mass is 1430 g/mol. The molecule has 31 heteroatoms. The molecule has 5 heterocycles. The average Bonchev–Trinajstić information content (AvgIpc) is 0.669. The second kappa shape index (κ2) is 29.8. The molecule has 0 spiro atoms. The number of carbonyl (C=O) groups excluding carboxylic acids is 4. The first-order valence-corrected chi connectivity index (χ1v) is 35.4. The highest BCUT2D eigenvalue weighted by atomic mass is 16.8. The molecule has 0 amide bonds. The Morgan fingerprint density at radius 3 is 1.74 bits per heavy atom. The van der Waals surface area contributed by atoms with Crippen LogP contribution in [0.1, 0.15) is 154 Å². The molecule has 14 N–H and O–H groups in total. The minimum absolute atomic E-state index is 0.0631. The first-order valence-electron chi connectivity index (χ1n) is 35.4. The van der Waals surface area contributed by atoms with Gasteiger partial charge < -0.3 is 133 Å². The van der Waals surface area contributed by atoms with Crippen molar-refractivity contribution in [2.45, 2.75) is 332 Å². The molecule has 5 saturated heterocycles. The maximum Gasteiger partial charge on any atom is 0.317 e. The fraction of sp³-hybridized carbons (Fsp3) is 0.913. The molecule has 10 aliphatic rings. The lowest BCUT2D eigenvalue weighted by molar-refractivity contribution is -0.378. The minimum Gasteiger partial charge on any atom is -0.462 e. The van der Waals surface area contributed by atoms with Crippen LogP contribution in [0.2, 0.25) is 0 Å². The second-order valence-electron chi connectivity index (χ2n) is 32.3. The summed E-state index contributed by atoms with van der Waals surface area (Å²) in [6.07, 6.45) is -40.6. The number of aliphatic hydroxyl groups is 14. The summed E-state index contributed by atoms with van der Waals surface area (Å²) in [5, 5.41) is 158. The lowest BCUT2D eigenvalue weighted by Gasteiger charge is -2.72. The van der Waals surface area contributed by atoms with Crippen molar-refractivity contribution in [2.75, 3.05) is 13.2 Å². The molecule has 31 nitrogen and oxygen atoms in total. The Hall–Kier alpha value is -3.30. The summed E-state index contributed by atoms with van der Waals surface area (Å²) in [7, 11) is 0. The number of rotatable bonds is 18. The molecule has 5 aliphatic carbocycles. The van der Waals surface area contributed by atoms with Crippen molar-refractivity contribution in [3.63, 3.8) is 0 Å². The average molecular weight is 1440 g/mol. The number of esters is 4. The van der Waals surface area contributed by atoms with E-state index >= 15 is 4.79 Å². The smallest absolute Gasteiger partial charge is 0.317 e. The third kappa shape index (κ3) is 14.4. The van der Waals surface area contributed by atoms with Crippen molar-refractivity contribution in [2.24, 2.45) is 50.2 Å². The van der Waals surface area contributed by atoms with Gasteiger partial charge in [0.25, 0.3) is 0 Å². The van der Waals surface area contributed by atoms with Gasteiger partial charge in [-0.25, -0.2) is 0 Å². The van der Waals surface area contributed by atoms with Crippen molar-refractivity contribution >= 4 is 23.9 Å². The summed E-state index contributed by atoms with van der Waals surface area (Å²) in [6, 6.07) is 0. The van der Waals surface area contributed by atoms with Gasteiger partial charge in [0.2, 0.25) is 6.29 Å². The molecule has 9 fully saturated rings. The highest BCUT2D eigenvalue weighted by Gasteiger charge is 2.73. The Morgan fingerprint density at radius 2 is 1.13 bits per heavy atom. The first-order chi connectivity index (χ1) is 46.6. The predicted octanol–water partition coefficient (Wildman–Crippen LogP) is -1.33. The minimum atomic E-state index is -2.01. The fourth-order valence-electron chi connectivity index (χ4n) is 19.2. The number of fused-ring (bicyclic) bond motifs is 7. The highest BCUT2D eigenvalue weighted by molar-refractivity contribution is 5.80. The van der Waals surface area contributed by atoms with Crippen molar-refractivity contribution < 1.29 is 152 Å². The van der Waals surface area contributed by atoms with E-state index in [-0.39, 0.29) is 37.5 Å². The quantitative estimate of drug-likeness (QED) is 0.0327. The van der Waals surface area contributed by atoms with Gasteiger partial charge in [-0.05, 0) is 132 Å². The summed E-state index contributed by atoms with van der Waals surface area (Å²) >= 11 is 0. The summed E-state index contributed by atoms with van der Waals surface area (Å²) in [4.78, 5) is 55.2. The van der Waals surface area contributed by atoms with Crippen LogP contribution in [-0.2, 0) is 80.8 Å². The van der Waals surface area contributed by atoms with Crippen LogP contribution in [0.5, 0.6) is 0 Å². The maximum atomic E-state index is 16.0. The zero-order valence-electron chi connectivity index (χ0n) is 59.2. The van der Waals surface area contributed by atoms with Crippen LogP contribution in [0.3, 0.4) is 0 Å². The third-order valence-corrected chi connectivity index (χ3v) is 24.9. The predicted molar refractivity (Wildman–Crippen MR) is 338 cm³/mol. The number of hydrogen-bond donors (Lipinski definition) is 14. The Morgan fingerprint density at radius 1 is 0.560 bits per heavy atom. The van der Waals surface area contributed by atoms with Crippen molar-refractivity contribution in [3.8, 4) is 0 Å². The molecule has 0 aromatic rings. The second-order valence-corrected chi connectivity index (χ2v) is 32.3. The van der Waals surface area contributed by atoms with Crippen molar-refractivity contribution in [1.82, 2.24) is 0 Å². The van der Waals surface area contributed by atoms with E-state index in [2.05, 4.69) is 40.7 Å². The zero-order valence-corrected chi connectivity index (χ0v) is 59.2. The van der Waals surface area contributed by atoms with E-state index in [9.17, 15) is 85.9 Å². The topological polar surface area (TPSA) is 471 Å². The van der Waals surface area contributed by atoms with Crippen LogP contribution in [0.4, 0.5) is 0 Å². The summed E-state index contributed by atoms with van der Waals surface area (Å²) < 4.78 is 77.8. The lowest BCUT2D eigenvalue weighted by atomic mass is 9.33. The molecule has 10 rings (SSSR count). The van der Waals surface area contributed by atoms with E-state index in [0.717, 1.165) is 12.5 Å². The summed E-state index contributed by atoms with van der Waals surface area (Å²) in [6.45, 7) is 21.1. The van der Waals surface area contributed by atoms with Gasteiger partial charge in [0.05, 0.1) is 74.9 Å². The third-order valence-electron chi connectivity index (χ3n) is 24.9. The van der Waals surface area contributed by atoms with Crippen molar-refractivity contribution in [3.05, 3.63) is 11.6 Å². The first kappa shape index (κ1) is 79.3. The zero-order chi connectivity index (χ0) is 73.7. The molecular formula is C69H110O31. The SMILES string of the molecule is CC(=O)O[C@H]1[C@H](O[C@H]2[C@@H](OC(=O)[C@]34CCC(C)(C)CC3C3=CCC5[C@@]6(C)C[C@H](O)[C@H](O[C@@H]7O[C@@H](C)[C@H](O)[C@@H](O)[C@H]7O)[C@@](C)(CO)C6CC[C@@]5(C)[C@]3(C)C[C@H]4O)O[C@@H](C)[C@H](OC(=O)C[C@@H](C)OC(=O)C[C@H](C)O)[C@@H]2O)O[C@@H](C)[C@H](O[C@H]2OC[C@@H](O[C@H]3O[C@@H](C)[C@H](O)[C@@H](O)[C@H]3O)[C@H](O)[C@H]2O)[C@H]1O. The van der Waals surface area contributed by atoms with Gasteiger partial charge in [0.1, 0.15) is 84.8 Å². The van der Waals surface area contributed by atoms with Crippen LogP contribution in [0.25, 0.3) is 0 Å². The molecule has 5 aliphatic heterocycles. The van der Waals surface area contributed by atoms with Gasteiger partial charge in [0, 0.05) is 12.3 Å². The van der Waals surface area contributed by atoms with Gasteiger partial charge >= 0.3 is 23.9 Å². The molecular weight excluding hydrogens is 1320 g/mol. The summed E-state index contributed by atoms with van der Waals surface area (Å²) in [5.74, 6) is -4.83. The molecule has 100 heavy (non-hydrogen) atoms. The molecule has 0 radical (unpaired) electrons. The lowest BCUT2D eigenvalue weighted by Crippen LogP contribution is -2.70.